The highest BCUT2D eigenvalue weighted by molar-refractivity contribution is 4.82. The molecule has 0 spiro atoms. The standard InChI is InChI=1S/C9H18FNO/c1-7(2)12-6-9-4-8(10)5-11(9)3/h7-9H,4-6H2,1-3H3/t8?,9-/m0/s1. The second-order valence-corrected chi connectivity index (χ2v) is 3.81. The Bertz CT molecular complexity index is 140. The number of hydrogen-bond acceptors (Lipinski definition) is 2. The van der Waals surface area contributed by atoms with Crippen molar-refractivity contribution in [2.24, 2.45) is 0 Å². The number of likely N-dealkylation sites (tertiary alicyclic amines) is 1. The van der Waals surface area contributed by atoms with Crippen LogP contribution in [0.25, 0.3) is 0 Å². The summed E-state index contributed by atoms with van der Waals surface area (Å²) < 4.78 is 18.3. The molecule has 0 aromatic carbocycles. The number of nitrogens with zero attached hydrogens (tertiary/aromatic N) is 1. The van der Waals surface area contributed by atoms with Gasteiger partial charge in [-0.05, 0) is 27.3 Å². The summed E-state index contributed by atoms with van der Waals surface area (Å²) >= 11 is 0. The van der Waals surface area contributed by atoms with Crippen molar-refractivity contribution in [2.45, 2.75) is 38.6 Å². The van der Waals surface area contributed by atoms with E-state index >= 15 is 0 Å². The molecule has 1 fully saturated rings. The zero-order valence-corrected chi connectivity index (χ0v) is 8.09. The molecule has 1 rings (SSSR count). The Morgan fingerprint density at radius 1 is 1.58 bits per heavy atom. The third-order valence-corrected chi connectivity index (χ3v) is 2.26. The van der Waals surface area contributed by atoms with Crippen LogP contribution < -0.4 is 0 Å². The lowest BCUT2D eigenvalue weighted by molar-refractivity contribution is 0.0431. The molecule has 2 nitrogen and oxygen atoms in total. The maximum atomic E-state index is 12.9. The molecule has 3 heteroatoms. The van der Waals surface area contributed by atoms with Gasteiger partial charge in [0.1, 0.15) is 6.17 Å². The van der Waals surface area contributed by atoms with Gasteiger partial charge in [-0.25, -0.2) is 4.39 Å². The number of rotatable bonds is 3. The average molecular weight is 175 g/mol. The lowest BCUT2D eigenvalue weighted by Gasteiger charge is -2.19. The van der Waals surface area contributed by atoms with Crippen LogP contribution in [0.3, 0.4) is 0 Å². The van der Waals surface area contributed by atoms with Crippen LogP contribution in [0.1, 0.15) is 20.3 Å². The molecule has 1 aliphatic heterocycles. The number of halogens is 1. The number of alkyl halides is 1. The molecule has 12 heavy (non-hydrogen) atoms. The molecule has 1 aliphatic rings. The summed E-state index contributed by atoms with van der Waals surface area (Å²) in [4.78, 5) is 2.03. The quantitative estimate of drug-likeness (QED) is 0.643. The summed E-state index contributed by atoms with van der Waals surface area (Å²) in [6.07, 6.45) is 0.219. The van der Waals surface area contributed by atoms with Crippen LogP contribution in [0.5, 0.6) is 0 Å². The molecule has 1 heterocycles. The van der Waals surface area contributed by atoms with Crippen molar-refractivity contribution < 1.29 is 9.13 Å². The summed E-state index contributed by atoms with van der Waals surface area (Å²) in [5.41, 5.74) is 0. The summed E-state index contributed by atoms with van der Waals surface area (Å²) in [5.74, 6) is 0. The van der Waals surface area contributed by atoms with Crippen LogP contribution in [0, 0.1) is 0 Å². The molecule has 0 amide bonds. The number of hydrogen-bond donors (Lipinski definition) is 0. The molecule has 1 unspecified atom stereocenters. The highest BCUT2D eigenvalue weighted by atomic mass is 19.1. The molecule has 0 aromatic rings. The van der Waals surface area contributed by atoms with Crippen LogP contribution in [-0.2, 0) is 4.74 Å². The monoisotopic (exact) mass is 175 g/mol. The number of ether oxygens (including phenoxy) is 1. The molecule has 0 saturated carbocycles. The van der Waals surface area contributed by atoms with Gasteiger partial charge in [-0.1, -0.05) is 0 Å². The predicted molar refractivity (Wildman–Crippen MR) is 47.0 cm³/mol. The molecule has 0 aromatic heterocycles. The van der Waals surface area contributed by atoms with Crippen molar-refractivity contribution in [1.82, 2.24) is 4.90 Å². The lowest BCUT2D eigenvalue weighted by atomic mass is 10.2. The molecule has 1 saturated heterocycles. The van der Waals surface area contributed by atoms with Gasteiger partial charge in [-0.3, -0.25) is 4.90 Å². The molecule has 0 bridgehead atoms. The fourth-order valence-corrected chi connectivity index (χ4v) is 1.51. The Hall–Kier alpha value is -0.150. The lowest BCUT2D eigenvalue weighted by Crippen LogP contribution is -2.30. The van der Waals surface area contributed by atoms with E-state index in [0.29, 0.717) is 19.6 Å². The molecule has 0 N–H and O–H groups in total. The van der Waals surface area contributed by atoms with Crippen molar-refractivity contribution in [3.05, 3.63) is 0 Å². The maximum Gasteiger partial charge on any atom is 0.114 e. The van der Waals surface area contributed by atoms with Gasteiger partial charge in [0.2, 0.25) is 0 Å². The van der Waals surface area contributed by atoms with Gasteiger partial charge in [-0.2, -0.15) is 0 Å². The van der Waals surface area contributed by atoms with E-state index in [-0.39, 0.29) is 12.1 Å². The van der Waals surface area contributed by atoms with Crippen molar-refractivity contribution in [1.29, 1.82) is 0 Å². The first-order valence-corrected chi connectivity index (χ1v) is 4.55. The van der Waals surface area contributed by atoms with Crippen LogP contribution in [-0.4, -0.2) is 43.4 Å². The summed E-state index contributed by atoms with van der Waals surface area (Å²) in [5, 5.41) is 0. The first-order valence-electron chi connectivity index (χ1n) is 4.55. The van der Waals surface area contributed by atoms with Crippen LogP contribution >= 0.6 is 0 Å². The van der Waals surface area contributed by atoms with Crippen molar-refractivity contribution in [3.8, 4) is 0 Å². The Balaban J connectivity index is 2.23. The first kappa shape index (κ1) is 9.93. The summed E-state index contributed by atoms with van der Waals surface area (Å²) in [6.45, 7) is 5.23. The Labute approximate surface area is 73.7 Å². The Morgan fingerprint density at radius 3 is 2.67 bits per heavy atom. The van der Waals surface area contributed by atoms with Gasteiger partial charge < -0.3 is 4.74 Å². The van der Waals surface area contributed by atoms with E-state index in [0.717, 1.165) is 0 Å². The van der Waals surface area contributed by atoms with Crippen molar-refractivity contribution in [2.75, 3.05) is 20.2 Å². The SMILES string of the molecule is CC(C)OC[C@@H]1CC(F)CN1C. The normalized spacial score (nSPS) is 31.8. The van der Waals surface area contributed by atoms with Crippen molar-refractivity contribution >= 4 is 0 Å². The minimum Gasteiger partial charge on any atom is -0.377 e. The minimum atomic E-state index is -0.657. The smallest absolute Gasteiger partial charge is 0.114 e. The second kappa shape index (κ2) is 4.19. The van der Waals surface area contributed by atoms with E-state index < -0.39 is 6.17 Å². The molecule has 2 atom stereocenters. The van der Waals surface area contributed by atoms with E-state index in [1.807, 2.05) is 25.8 Å². The van der Waals surface area contributed by atoms with Crippen LogP contribution in [0.4, 0.5) is 4.39 Å². The fourth-order valence-electron chi connectivity index (χ4n) is 1.51. The van der Waals surface area contributed by atoms with Crippen molar-refractivity contribution in [3.63, 3.8) is 0 Å². The third kappa shape index (κ3) is 2.72. The molecular weight excluding hydrogens is 157 g/mol. The average Bonchev–Trinajstić information content (AvgIpc) is 2.26. The molecule has 72 valence electrons. The van der Waals surface area contributed by atoms with E-state index in [4.69, 9.17) is 4.74 Å². The minimum absolute atomic E-state index is 0.247. The highest BCUT2D eigenvalue weighted by Crippen LogP contribution is 2.18. The van der Waals surface area contributed by atoms with Gasteiger partial charge in [0.05, 0.1) is 12.7 Å². The zero-order valence-electron chi connectivity index (χ0n) is 8.09. The predicted octanol–water partition coefficient (Wildman–Crippen LogP) is 1.45. The van der Waals surface area contributed by atoms with E-state index in [1.165, 1.54) is 0 Å². The van der Waals surface area contributed by atoms with Gasteiger partial charge in [0.25, 0.3) is 0 Å². The van der Waals surface area contributed by atoms with Gasteiger partial charge in [-0.15, -0.1) is 0 Å². The third-order valence-electron chi connectivity index (χ3n) is 2.26. The van der Waals surface area contributed by atoms with Gasteiger partial charge in [0.15, 0.2) is 0 Å². The van der Waals surface area contributed by atoms with Gasteiger partial charge in [0, 0.05) is 12.6 Å². The van der Waals surface area contributed by atoms with Crippen LogP contribution in [0.2, 0.25) is 0 Å². The topological polar surface area (TPSA) is 12.5 Å². The molecule has 0 aliphatic carbocycles. The van der Waals surface area contributed by atoms with E-state index in [1.54, 1.807) is 0 Å². The van der Waals surface area contributed by atoms with Gasteiger partial charge >= 0.3 is 0 Å². The Morgan fingerprint density at radius 2 is 2.25 bits per heavy atom. The summed E-state index contributed by atoms with van der Waals surface area (Å²) in [7, 11) is 1.95. The molecule has 0 radical (unpaired) electrons. The largest absolute Gasteiger partial charge is 0.377 e. The fraction of sp³-hybridized carbons (Fsp3) is 1.00. The van der Waals surface area contributed by atoms with E-state index in [2.05, 4.69) is 0 Å². The van der Waals surface area contributed by atoms with E-state index in [9.17, 15) is 4.39 Å². The second-order valence-electron chi connectivity index (χ2n) is 3.81. The highest BCUT2D eigenvalue weighted by Gasteiger charge is 2.29. The number of likely N-dealkylation sites (N-methyl/N-ethyl adjacent to an activating group) is 1. The molecular formula is C9H18FNO. The first-order chi connectivity index (χ1) is 5.59. The van der Waals surface area contributed by atoms with Crippen LogP contribution in [0.15, 0.2) is 0 Å². The maximum absolute atomic E-state index is 12.9. The summed E-state index contributed by atoms with van der Waals surface area (Å²) in [6, 6.07) is 0.280. The zero-order chi connectivity index (χ0) is 9.14. The Kier molecular flexibility index (Phi) is 3.47.